The quantitative estimate of drug-likeness (QED) is 0.406. The molecule has 0 nitrogen and oxygen atoms in total. The molecule has 0 saturated heterocycles. The van der Waals surface area contributed by atoms with Gasteiger partial charge in [-0.25, -0.2) is 0 Å². The normalized spacial score (nSPS) is 11.4. The zero-order valence-electron chi connectivity index (χ0n) is 8.08. The topological polar surface area (TPSA) is 0 Å². The second-order valence-corrected chi connectivity index (χ2v) is 4.88. The van der Waals surface area contributed by atoms with Crippen LogP contribution in [0.25, 0.3) is 0 Å². The molecule has 0 fully saturated rings. The molecule has 66 valence electrons. The Labute approximate surface area is 84.6 Å². The van der Waals surface area contributed by atoms with Gasteiger partial charge in [0, 0.05) is 4.43 Å². The molecular formula is C10H19I. The molecule has 0 bridgehead atoms. The van der Waals surface area contributed by atoms with E-state index in [2.05, 4.69) is 56.4 Å². The predicted octanol–water partition coefficient (Wildman–Crippen LogP) is 4.19. The summed E-state index contributed by atoms with van der Waals surface area (Å²) in [6.45, 7) is 8.99. The van der Waals surface area contributed by atoms with Crippen LogP contribution in [0.5, 0.6) is 0 Å². The van der Waals surface area contributed by atoms with Crippen molar-refractivity contribution in [2.24, 2.45) is 5.41 Å². The van der Waals surface area contributed by atoms with Gasteiger partial charge in [0.05, 0.1) is 0 Å². The molecule has 0 radical (unpaired) electrons. The maximum absolute atomic E-state index is 2.47. The third kappa shape index (κ3) is 6.85. The first-order valence-corrected chi connectivity index (χ1v) is 5.70. The van der Waals surface area contributed by atoms with Gasteiger partial charge in [-0.15, -0.1) is 0 Å². The van der Waals surface area contributed by atoms with Crippen molar-refractivity contribution in [2.45, 2.75) is 40.5 Å². The first-order valence-electron chi connectivity index (χ1n) is 4.17. The van der Waals surface area contributed by atoms with E-state index in [9.17, 15) is 0 Å². The van der Waals surface area contributed by atoms with Crippen molar-refractivity contribution in [3.05, 3.63) is 11.6 Å². The van der Waals surface area contributed by atoms with Crippen molar-refractivity contribution in [2.75, 3.05) is 4.43 Å². The zero-order chi connectivity index (χ0) is 8.91. The van der Waals surface area contributed by atoms with Crippen LogP contribution in [0.3, 0.4) is 0 Å². The van der Waals surface area contributed by atoms with Gasteiger partial charge in [-0.05, 0) is 32.1 Å². The molecule has 0 spiro atoms. The Morgan fingerprint density at radius 1 is 1.36 bits per heavy atom. The summed E-state index contributed by atoms with van der Waals surface area (Å²) in [4.78, 5) is 0. The van der Waals surface area contributed by atoms with Crippen molar-refractivity contribution in [3.8, 4) is 0 Å². The van der Waals surface area contributed by atoms with Crippen LogP contribution in [0.4, 0.5) is 0 Å². The van der Waals surface area contributed by atoms with Crippen LogP contribution in [0.1, 0.15) is 40.5 Å². The fourth-order valence-electron chi connectivity index (χ4n) is 0.818. The fourth-order valence-corrected chi connectivity index (χ4v) is 1.20. The summed E-state index contributed by atoms with van der Waals surface area (Å²) in [5.74, 6) is 0. The van der Waals surface area contributed by atoms with Crippen LogP contribution in [0, 0.1) is 5.41 Å². The number of halogens is 1. The minimum absolute atomic E-state index is 0.520. The van der Waals surface area contributed by atoms with E-state index in [1.165, 1.54) is 22.8 Å². The van der Waals surface area contributed by atoms with Gasteiger partial charge in [-0.2, -0.15) is 0 Å². The SMILES string of the molecule is CC(C)=CCCC(C)(C)CI. The van der Waals surface area contributed by atoms with Crippen molar-refractivity contribution >= 4 is 22.6 Å². The Morgan fingerprint density at radius 3 is 2.27 bits per heavy atom. The lowest BCUT2D eigenvalue weighted by Gasteiger charge is -2.20. The molecule has 0 unspecified atom stereocenters. The molecule has 0 aliphatic carbocycles. The third-order valence-corrected chi connectivity index (χ3v) is 3.80. The van der Waals surface area contributed by atoms with Gasteiger partial charge in [0.25, 0.3) is 0 Å². The third-order valence-electron chi connectivity index (χ3n) is 1.74. The van der Waals surface area contributed by atoms with E-state index in [1.54, 1.807) is 0 Å². The number of hydrogen-bond acceptors (Lipinski definition) is 0. The van der Waals surface area contributed by atoms with Gasteiger partial charge in [0.15, 0.2) is 0 Å². The Balaban J connectivity index is 3.62. The van der Waals surface area contributed by atoms with Gasteiger partial charge in [0.2, 0.25) is 0 Å². The second-order valence-electron chi connectivity index (χ2n) is 4.12. The van der Waals surface area contributed by atoms with E-state index in [1.807, 2.05) is 0 Å². The summed E-state index contributed by atoms with van der Waals surface area (Å²) in [5, 5.41) is 0. The lowest BCUT2D eigenvalue weighted by Crippen LogP contribution is -2.11. The maximum atomic E-state index is 2.47. The Bertz CT molecular complexity index is 130. The van der Waals surface area contributed by atoms with E-state index in [0.29, 0.717) is 5.41 Å². The van der Waals surface area contributed by atoms with Gasteiger partial charge in [-0.1, -0.05) is 48.1 Å². The van der Waals surface area contributed by atoms with E-state index in [0.717, 1.165) is 0 Å². The Morgan fingerprint density at radius 2 is 1.91 bits per heavy atom. The molecule has 0 aliphatic heterocycles. The predicted molar refractivity (Wildman–Crippen MR) is 61.3 cm³/mol. The summed E-state index contributed by atoms with van der Waals surface area (Å²) in [6.07, 6.45) is 4.87. The van der Waals surface area contributed by atoms with Crippen LogP contribution in [0.2, 0.25) is 0 Å². The lowest BCUT2D eigenvalue weighted by atomic mass is 9.90. The van der Waals surface area contributed by atoms with E-state index in [-0.39, 0.29) is 0 Å². The molecule has 0 amide bonds. The fraction of sp³-hybridized carbons (Fsp3) is 0.800. The zero-order valence-corrected chi connectivity index (χ0v) is 10.2. The second kappa shape index (κ2) is 5.18. The molecule has 11 heavy (non-hydrogen) atoms. The van der Waals surface area contributed by atoms with Crippen molar-refractivity contribution in [3.63, 3.8) is 0 Å². The summed E-state index contributed by atoms with van der Waals surface area (Å²) >= 11 is 2.47. The highest BCUT2D eigenvalue weighted by molar-refractivity contribution is 14.1. The minimum atomic E-state index is 0.520. The molecule has 0 heterocycles. The number of hydrogen-bond donors (Lipinski definition) is 0. The summed E-state index contributed by atoms with van der Waals surface area (Å²) in [5.41, 5.74) is 1.96. The molecule has 0 atom stereocenters. The van der Waals surface area contributed by atoms with Crippen molar-refractivity contribution in [1.29, 1.82) is 0 Å². The number of rotatable bonds is 4. The Hall–Kier alpha value is 0.470. The van der Waals surface area contributed by atoms with Gasteiger partial charge in [-0.3, -0.25) is 0 Å². The van der Waals surface area contributed by atoms with E-state index < -0.39 is 0 Å². The van der Waals surface area contributed by atoms with E-state index >= 15 is 0 Å². The van der Waals surface area contributed by atoms with Crippen LogP contribution in [-0.2, 0) is 0 Å². The molecule has 1 heteroatoms. The monoisotopic (exact) mass is 266 g/mol. The molecule has 0 N–H and O–H groups in total. The molecular weight excluding hydrogens is 247 g/mol. The van der Waals surface area contributed by atoms with Gasteiger partial charge < -0.3 is 0 Å². The molecule has 0 aliphatic rings. The van der Waals surface area contributed by atoms with Crippen LogP contribution in [-0.4, -0.2) is 4.43 Å². The minimum Gasteiger partial charge on any atom is -0.0859 e. The van der Waals surface area contributed by atoms with E-state index in [4.69, 9.17) is 0 Å². The van der Waals surface area contributed by atoms with Crippen LogP contribution < -0.4 is 0 Å². The molecule has 0 aromatic carbocycles. The molecule has 0 aromatic heterocycles. The Kier molecular flexibility index (Phi) is 5.40. The maximum Gasteiger partial charge on any atom is 0.00468 e. The van der Waals surface area contributed by atoms with Gasteiger partial charge in [0.1, 0.15) is 0 Å². The molecule has 0 aromatic rings. The first-order chi connectivity index (χ1) is 4.98. The molecule has 0 rings (SSSR count). The van der Waals surface area contributed by atoms with Gasteiger partial charge >= 0.3 is 0 Å². The highest BCUT2D eigenvalue weighted by Gasteiger charge is 2.13. The van der Waals surface area contributed by atoms with Crippen molar-refractivity contribution < 1.29 is 0 Å². The van der Waals surface area contributed by atoms with Crippen molar-refractivity contribution in [1.82, 2.24) is 0 Å². The van der Waals surface area contributed by atoms with Crippen LogP contribution in [0.15, 0.2) is 11.6 Å². The summed E-state index contributed by atoms with van der Waals surface area (Å²) in [7, 11) is 0. The highest BCUT2D eigenvalue weighted by atomic mass is 127. The average Bonchev–Trinajstić information content (AvgIpc) is 1.87. The summed E-state index contributed by atoms with van der Waals surface area (Å²) < 4.78 is 1.25. The number of allylic oxidation sites excluding steroid dienone is 2. The summed E-state index contributed by atoms with van der Waals surface area (Å²) in [6, 6.07) is 0. The standard InChI is InChI=1S/C10H19I/c1-9(2)6-5-7-10(3,4)8-11/h6H,5,7-8H2,1-4H3. The average molecular weight is 266 g/mol. The smallest absolute Gasteiger partial charge is 0.00468 e. The lowest BCUT2D eigenvalue weighted by molar-refractivity contribution is 0.397. The van der Waals surface area contributed by atoms with Crippen LogP contribution >= 0.6 is 22.6 Å². The largest absolute Gasteiger partial charge is 0.0859 e. The first kappa shape index (κ1) is 11.5. The molecule has 0 saturated carbocycles. The number of alkyl halides is 1. The highest BCUT2D eigenvalue weighted by Crippen LogP contribution is 2.25.